The van der Waals surface area contributed by atoms with Gasteiger partial charge in [0, 0.05) is 23.2 Å². The van der Waals surface area contributed by atoms with E-state index in [-0.39, 0.29) is 22.3 Å². The van der Waals surface area contributed by atoms with Crippen molar-refractivity contribution in [3.63, 3.8) is 0 Å². The van der Waals surface area contributed by atoms with Gasteiger partial charge in [-0.05, 0) is 13.0 Å². The predicted octanol–water partition coefficient (Wildman–Crippen LogP) is 1.86. The average Bonchev–Trinajstić information content (AvgIpc) is 2.27. The molecule has 0 saturated heterocycles. The van der Waals surface area contributed by atoms with E-state index in [2.05, 4.69) is 5.32 Å². The molecule has 0 aromatic heterocycles. The molecular weight excluding hydrogens is 281 g/mol. The summed E-state index contributed by atoms with van der Waals surface area (Å²) in [6.07, 6.45) is 0. The summed E-state index contributed by atoms with van der Waals surface area (Å²) in [7, 11) is 0. The van der Waals surface area contributed by atoms with Crippen molar-refractivity contribution in [2.24, 2.45) is 5.73 Å². The van der Waals surface area contributed by atoms with Gasteiger partial charge >= 0.3 is 0 Å². The third-order valence-corrected chi connectivity index (χ3v) is 3.15. The van der Waals surface area contributed by atoms with Gasteiger partial charge in [0.15, 0.2) is 0 Å². The molecule has 3 N–H and O–H groups in total. The van der Waals surface area contributed by atoms with Crippen LogP contribution in [0.25, 0.3) is 0 Å². The van der Waals surface area contributed by atoms with Gasteiger partial charge in [-0.15, -0.1) is 0 Å². The Kier molecular flexibility index (Phi) is 4.89. The number of hydrogen-bond donors (Lipinski definition) is 2. The van der Waals surface area contributed by atoms with Gasteiger partial charge in [-0.1, -0.05) is 23.2 Å². The molecule has 0 bridgehead atoms. The second-order valence-corrected chi connectivity index (χ2v) is 4.41. The number of nitro benzene ring substituents is 1. The largest absolute Gasteiger partial charge is 0.368 e. The van der Waals surface area contributed by atoms with E-state index in [0.717, 1.165) is 0 Å². The van der Waals surface area contributed by atoms with E-state index in [9.17, 15) is 14.9 Å². The van der Waals surface area contributed by atoms with Crippen molar-refractivity contribution >= 4 is 34.8 Å². The van der Waals surface area contributed by atoms with Gasteiger partial charge in [-0.2, -0.15) is 0 Å². The molecule has 0 spiro atoms. The van der Waals surface area contributed by atoms with E-state index in [4.69, 9.17) is 28.9 Å². The van der Waals surface area contributed by atoms with Gasteiger partial charge in [0.05, 0.1) is 11.0 Å². The molecule has 1 rings (SSSR count). The first-order valence-electron chi connectivity index (χ1n) is 4.98. The quantitative estimate of drug-likeness (QED) is 0.639. The Hall–Kier alpha value is -1.37. The summed E-state index contributed by atoms with van der Waals surface area (Å²) in [5, 5.41) is 13.7. The first-order valence-corrected chi connectivity index (χ1v) is 5.74. The number of halogens is 2. The smallest absolute Gasteiger partial charge is 0.288 e. The normalized spacial score (nSPS) is 12.2. The standard InChI is InChI=1S/C10H11Cl2N3O3/c1-5(10(13)16)14-4-6-7(11)2-3-8(9(6)12)15(17)18/h2-3,5,14H,4H2,1H3,(H2,13,16). The van der Waals surface area contributed by atoms with Crippen LogP contribution in [0.1, 0.15) is 12.5 Å². The number of hydrogen-bond acceptors (Lipinski definition) is 4. The molecule has 18 heavy (non-hydrogen) atoms. The van der Waals surface area contributed by atoms with Gasteiger partial charge in [0.1, 0.15) is 5.02 Å². The van der Waals surface area contributed by atoms with E-state index in [1.54, 1.807) is 6.92 Å². The van der Waals surface area contributed by atoms with Crippen molar-refractivity contribution in [3.05, 3.63) is 37.9 Å². The van der Waals surface area contributed by atoms with Crippen molar-refractivity contribution < 1.29 is 9.72 Å². The molecule has 1 amide bonds. The molecule has 1 aromatic rings. The molecule has 0 aliphatic carbocycles. The van der Waals surface area contributed by atoms with Crippen LogP contribution < -0.4 is 11.1 Å². The molecule has 0 fully saturated rings. The van der Waals surface area contributed by atoms with Crippen LogP contribution in [0.5, 0.6) is 0 Å². The van der Waals surface area contributed by atoms with Crippen LogP contribution in [0.3, 0.4) is 0 Å². The first kappa shape index (κ1) is 14.7. The molecule has 0 heterocycles. The average molecular weight is 292 g/mol. The Bertz CT molecular complexity index is 494. The van der Waals surface area contributed by atoms with Crippen LogP contribution in [-0.4, -0.2) is 16.9 Å². The topological polar surface area (TPSA) is 98.3 Å². The molecule has 1 aromatic carbocycles. The molecule has 0 aliphatic heterocycles. The molecular formula is C10H11Cl2N3O3. The lowest BCUT2D eigenvalue weighted by atomic mass is 10.2. The lowest BCUT2D eigenvalue weighted by Crippen LogP contribution is -2.38. The van der Waals surface area contributed by atoms with Crippen LogP contribution in [-0.2, 0) is 11.3 Å². The maximum absolute atomic E-state index is 10.9. The summed E-state index contributed by atoms with van der Waals surface area (Å²) in [5.41, 5.74) is 5.21. The summed E-state index contributed by atoms with van der Waals surface area (Å²) in [5.74, 6) is -0.535. The predicted molar refractivity (Wildman–Crippen MR) is 68.6 cm³/mol. The molecule has 1 unspecified atom stereocenters. The van der Waals surface area contributed by atoms with Crippen molar-refractivity contribution in [1.82, 2.24) is 5.32 Å². The van der Waals surface area contributed by atoms with Gasteiger partial charge < -0.3 is 11.1 Å². The molecule has 0 aliphatic rings. The number of rotatable bonds is 5. The Morgan fingerprint density at radius 3 is 2.67 bits per heavy atom. The summed E-state index contributed by atoms with van der Waals surface area (Å²) < 4.78 is 0. The van der Waals surface area contributed by atoms with Crippen molar-refractivity contribution in [3.8, 4) is 0 Å². The van der Waals surface area contributed by atoms with Gasteiger partial charge in [-0.25, -0.2) is 0 Å². The summed E-state index contributed by atoms with van der Waals surface area (Å²) in [6, 6.07) is 2.03. The van der Waals surface area contributed by atoms with Crippen molar-refractivity contribution in [2.75, 3.05) is 0 Å². The van der Waals surface area contributed by atoms with Crippen LogP contribution in [0, 0.1) is 10.1 Å². The van der Waals surface area contributed by atoms with Crippen LogP contribution in [0.15, 0.2) is 12.1 Å². The summed E-state index contributed by atoms with van der Waals surface area (Å²) in [6.45, 7) is 1.69. The Balaban J connectivity index is 2.98. The summed E-state index contributed by atoms with van der Waals surface area (Å²) in [4.78, 5) is 21.0. The summed E-state index contributed by atoms with van der Waals surface area (Å²) >= 11 is 11.8. The minimum absolute atomic E-state index is 0.0447. The maximum Gasteiger partial charge on any atom is 0.288 e. The fourth-order valence-electron chi connectivity index (χ4n) is 1.24. The number of benzene rings is 1. The zero-order valence-corrected chi connectivity index (χ0v) is 11.0. The molecule has 1 atom stereocenters. The van der Waals surface area contributed by atoms with Crippen LogP contribution >= 0.6 is 23.2 Å². The zero-order valence-electron chi connectivity index (χ0n) is 9.44. The molecule has 6 nitrogen and oxygen atoms in total. The number of carbonyl (C=O) groups excluding carboxylic acids is 1. The maximum atomic E-state index is 10.9. The minimum atomic E-state index is -0.598. The zero-order chi connectivity index (χ0) is 13.9. The van der Waals surface area contributed by atoms with E-state index >= 15 is 0 Å². The number of primary amides is 1. The third kappa shape index (κ3) is 3.32. The second-order valence-electron chi connectivity index (χ2n) is 3.62. The number of nitrogens with zero attached hydrogens (tertiary/aromatic N) is 1. The van der Waals surface area contributed by atoms with Gasteiger partial charge in [-0.3, -0.25) is 14.9 Å². The first-order chi connectivity index (χ1) is 8.34. The highest BCUT2D eigenvalue weighted by Gasteiger charge is 2.19. The highest BCUT2D eigenvalue weighted by Crippen LogP contribution is 2.32. The van der Waals surface area contributed by atoms with Gasteiger partial charge in [0.2, 0.25) is 5.91 Å². The molecule has 0 saturated carbocycles. The molecule has 8 heteroatoms. The van der Waals surface area contributed by atoms with E-state index in [1.165, 1.54) is 12.1 Å². The minimum Gasteiger partial charge on any atom is -0.368 e. The Morgan fingerprint density at radius 2 is 2.17 bits per heavy atom. The fourth-order valence-corrected chi connectivity index (χ4v) is 1.82. The monoisotopic (exact) mass is 291 g/mol. The number of amides is 1. The highest BCUT2D eigenvalue weighted by molar-refractivity contribution is 6.37. The lowest BCUT2D eigenvalue weighted by Gasteiger charge is -2.12. The Labute approximate surface area is 113 Å². The SMILES string of the molecule is CC(NCc1c(Cl)ccc([N+](=O)[O-])c1Cl)C(N)=O. The third-order valence-electron chi connectivity index (χ3n) is 2.37. The van der Waals surface area contributed by atoms with E-state index in [0.29, 0.717) is 5.56 Å². The number of nitrogens with two attached hydrogens (primary N) is 1. The second kappa shape index (κ2) is 5.99. The van der Waals surface area contributed by atoms with E-state index in [1.807, 2.05) is 0 Å². The lowest BCUT2D eigenvalue weighted by molar-refractivity contribution is -0.384. The van der Waals surface area contributed by atoms with E-state index < -0.39 is 16.9 Å². The van der Waals surface area contributed by atoms with Crippen LogP contribution in [0.4, 0.5) is 5.69 Å². The Morgan fingerprint density at radius 1 is 1.56 bits per heavy atom. The number of nitro groups is 1. The van der Waals surface area contributed by atoms with Crippen LogP contribution in [0.2, 0.25) is 10.0 Å². The molecule has 0 radical (unpaired) electrons. The van der Waals surface area contributed by atoms with Crippen molar-refractivity contribution in [1.29, 1.82) is 0 Å². The number of carbonyl (C=O) groups is 1. The van der Waals surface area contributed by atoms with Gasteiger partial charge in [0.25, 0.3) is 5.69 Å². The van der Waals surface area contributed by atoms with Crippen molar-refractivity contribution in [2.45, 2.75) is 19.5 Å². The fraction of sp³-hybridized carbons (Fsp3) is 0.300. The molecule has 98 valence electrons. The number of nitrogens with one attached hydrogen (secondary N) is 1. The highest BCUT2D eigenvalue weighted by atomic mass is 35.5.